The molecular formula is C18H13F3N2O2. The molecule has 0 aliphatic rings. The molecule has 0 saturated carbocycles. The van der Waals surface area contributed by atoms with E-state index in [1.807, 2.05) is 30.3 Å². The zero-order valence-corrected chi connectivity index (χ0v) is 12.9. The number of alkyl halides is 3. The van der Waals surface area contributed by atoms with Gasteiger partial charge in [0, 0.05) is 23.3 Å². The lowest BCUT2D eigenvalue weighted by atomic mass is 10.1. The summed E-state index contributed by atoms with van der Waals surface area (Å²) < 4.78 is 39.0. The highest BCUT2D eigenvalue weighted by Gasteiger charge is 2.31. The van der Waals surface area contributed by atoms with Crippen LogP contribution >= 0.6 is 0 Å². The number of nitrogens with one attached hydrogen (secondary N) is 1. The molecule has 1 amide bonds. The summed E-state index contributed by atoms with van der Waals surface area (Å²) in [6.07, 6.45) is -3.94. The number of rotatable bonds is 3. The molecule has 1 aromatic heterocycles. The zero-order chi connectivity index (χ0) is 18.0. The van der Waals surface area contributed by atoms with Crippen LogP contribution in [-0.2, 0) is 17.5 Å². The molecule has 0 atom stereocenters. The SMILES string of the molecule is O=C(Cn1cc(C(F)(F)F)ccc1=O)Nc1cccc2ccccc12. The number of hydrogen-bond acceptors (Lipinski definition) is 2. The van der Waals surface area contributed by atoms with Crippen molar-refractivity contribution in [3.63, 3.8) is 0 Å². The summed E-state index contributed by atoms with van der Waals surface area (Å²) in [6.45, 7) is -0.508. The topological polar surface area (TPSA) is 51.1 Å². The van der Waals surface area contributed by atoms with Gasteiger partial charge in [0.05, 0.1) is 5.56 Å². The molecular weight excluding hydrogens is 333 g/mol. The number of halogens is 3. The highest BCUT2D eigenvalue weighted by Crippen LogP contribution is 2.28. The van der Waals surface area contributed by atoms with Gasteiger partial charge in [-0.3, -0.25) is 9.59 Å². The fourth-order valence-corrected chi connectivity index (χ4v) is 2.50. The second kappa shape index (κ2) is 6.43. The van der Waals surface area contributed by atoms with Gasteiger partial charge in [-0.2, -0.15) is 13.2 Å². The molecule has 0 aliphatic heterocycles. The normalized spacial score (nSPS) is 11.5. The largest absolute Gasteiger partial charge is 0.417 e. The summed E-state index contributed by atoms with van der Waals surface area (Å²) in [5, 5.41) is 4.35. The third-order valence-corrected chi connectivity index (χ3v) is 3.69. The number of carbonyl (C=O) groups is 1. The molecule has 3 aromatic rings. The Labute approximate surface area is 140 Å². The fourth-order valence-electron chi connectivity index (χ4n) is 2.50. The second-order valence-electron chi connectivity index (χ2n) is 5.46. The van der Waals surface area contributed by atoms with Crippen molar-refractivity contribution in [1.82, 2.24) is 4.57 Å². The van der Waals surface area contributed by atoms with E-state index in [1.165, 1.54) is 0 Å². The Morgan fingerprint density at radius 3 is 2.48 bits per heavy atom. The number of hydrogen-bond donors (Lipinski definition) is 1. The smallest absolute Gasteiger partial charge is 0.324 e. The Morgan fingerprint density at radius 2 is 1.72 bits per heavy atom. The van der Waals surface area contributed by atoms with Gasteiger partial charge in [-0.25, -0.2) is 0 Å². The lowest BCUT2D eigenvalue weighted by Crippen LogP contribution is -2.28. The van der Waals surface area contributed by atoms with E-state index in [0.29, 0.717) is 18.0 Å². The molecule has 2 aromatic carbocycles. The van der Waals surface area contributed by atoms with Gasteiger partial charge < -0.3 is 9.88 Å². The lowest BCUT2D eigenvalue weighted by Gasteiger charge is -2.12. The third-order valence-electron chi connectivity index (χ3n) is 3.69. The van der Waals surface area contributed by atoms with Gasteiger partial charge in [0.2, 0.25) is 5.91 Å². The van der Waals surface area contributed by atoms with Crippen molar-refractivity contribution in [3.05, 3.63) is 76.7 Å². The summed E-state index contributed by atoms with van der Waals surface area (Å²) in [7, 11) is 0. The highest BCUT2D eigenvalue weighted by atomic mass is 19.4. The Kier molecular flexibility index (Phi) is 4.31. The van der Waals surface area contributed by atoms with Gasteiger partial charge in [0.25, 0.3) is 5.56 Å². The number of fused-ring (bicyclic) bond motifs is 1. The van der Waals surface area contributed by atoms with E-state index in [9.17, 15) is 22.8 Å². The van der Waals surface area contributed by atoms with Crippen LogP contribution in [0, 0.1) is 0 Å². The number of pyridine rings is 1. The first kappa shape index (κ1) is 16.8. The summed E-state index contributed by atoms with van der Waals surface area (Å²) >= 11 is 0. The predicted octanol–water partition coefficient (Wildman–Crippen LogP) is 3.66. The maximum atomic E-state index is 12.7. The highest BCUT2D eigenvalue weighted by molar-refractivity contribution is 6.01. The van der Waals surface area contributed by atoms with E-state index in [2.05, 4.69) is 5.32 Å². The van der Waals surface area contributed by atoms with Crippen molar-refractivity contribution in [2.24, 2.45) is 0 Å². The first-order valence-corrected chi connectivity index (χ1v) is 7.40. The van der Waals surface area contributed by atoms with Crippen LogP contribution in [-0.4, -0.2) is 10.5 Å². The van der Waals surface area contributed by atoms with E-state index in [0.717, 1.165) is 21.4 Å². The minimum absolute atomic E-state index is 0.508. The molecule has 7 heteroatoms. The molecule has 4 nitrogen and oxygen atoms in total. The number of aromatic nitrogens is 1. The van der Waals surface area contributed by atoms with Gasteiger partial charge in [0.15, 0.2) is 0 Å². The molecule has 0 radical (unpaired) electrons. The van der Waals surface area contributed by atoms with Crippen LogP contribution in [0.3, 0.4) is 0 Å². The Morgan fingerprint density at radius 1 is 1.00 bits per heavy atom. The monoisotopic (exact) mass is 346 g/mol. The van der Waals surface area contributed by atoms with Crippen LogP contribution in [0.25, 0.3) is 10.8 Å². The van der Waals surface area contributed by atoms with E-state index in [1.54, 1.807) is 12.1 Å². The van der Waals surface area contributed by atoms with Crippen molar-refractivity contribution in [2.75, 3.05) is 5.32 Å². The standard InChI is InChI=1S/C18H13F3N2O2/c19-18(20,21)13-8-9-17(25)23(10-13)11-16(24)22-15-7-3-5-12-4-1-2-6-14(12)15/h1-10H,11H2,(H,22,24). The molecule has 0 fully saturated rings. The van der Waals surface area contributed by atoms with Gasteiger partial charge in [-0.1, -0.05) is 36.4 Å². The molecule has 0 saturated heterocycles. The summed E-state index contributed by atoms with van der Waals surface area (Å²) in [4.78, 5) is 23.9. The number of amides is 1. The number of anilines is 1. The van der Waals surface area contributed by atoms with Crippen molar-refractivity contribution in [3.8, 4) is 0 Å². The van der Waals surface area contributed by atoms with Crippen LogP contribution in [0.15, 0.2) is 65.6 Å². The average Bonchev–Trinajstić information content (AvgIpc) is 2.56. The van der Waals surface area contributed by atoms with Crippen LogP contribution < -0.4 is 10.9 Å². The van der Waals surface area contributed by atoms with Gasteiger partial charge >= 0.3 is 6.18 Å². The van der Waals surface area contributed by atoms with E-state index in [-0.39, 0.29) is 0 Å². The third kappa shape index (κ3) is 3.71. The minimum Gasteiger partial charge on any atom is -0.324 e. The van der Waals surface area contributed by atoms with E-state index in [4.69, 9.17) is 0 Å². The first-order valence-electron chi connectivity index (χ1n) is 7.40. The van der Waals surface area contributed by atoms with Crippen LogP contribution in [0.4, 0.5) is 18.9 Å². The predicted molar refractivity (Wildman–Crippen MR) is 88.3 cm³/mol. The average molecular weight is 346 g/mol. The van der Waals surface area contributed by atoms with Gasteiger partial charge in [-0.15, -0.1) is 0 Å². The number of carbonyl (C=O) groups excluding carboxylic acids is 1. The zero-order valence-electron chi connectivity index (χ0n) is 12.9. The molecule has 25 heavy (non-hydrogen) atoms. The van der Waals surface area contributed by atoms with Crippen molar-refractivity contribution in [1.29, 1.82) is 0 Å². The van der Waals surface area contributed by atoms with Crippen LogP contribution in [0.2, 0.25) is 0 Å². The maximum Gasteiger partial charge on any atom is 0.417 e. The quantitative estimate of drug-likeness (QED) is 0.787. The van der Waals surface area contributed by atoms with E-state index >= 15 is 0 Å². The van der Waals surface area contributed by atoms with Crippen LogP contribution in [0.5, 0.6) is 0 Å². The molecule has 1 N–H and O–H groups in total. The molecule has 1 heterocycles. The molecule has 0 aliphatic carbocycles. The second-order valence-corrected chi connectivity index (χ2v) is 5.46. The molecule has 3 rings (SSSR count). The summed E-state index contributed by atoms with van der Waals surface area (Å²) in [5.74, 6) is -0.585. The Bertz CT molecular complexity index is 988. The summed E-state index contributed by atoms with van der Waals surface area (Å²) in [5.41, 5.74) is -1.13. The Balaban J connectivity index is 1.84. The molecule has 0 bridgehead atoms. The minimum atomic E-state index is -4.58. The van der Waals surface area contributed by atoms with E-state index < -0.39 is 29.8 Å². The van der Waals surface area contributed by atoms with Gasteiger partial charge in [-0.05, 0) is 17.5 Å². The van der Waals surface area contributed by atoms with Crippen molar-refractivity contribution < 1.29 is 18.0 Å². The molecule has 128 valence electrons. The lowest BCUT2D eigenvalue weighted by molar-refractivity contribution is -0.138. The maximum absolute atomic E-state index is 12.7. The Hall–Kier alpha value is -3.09. The van der Waals surface area contributed by atoms with Crippen LogP contribution in [0.1, 0.15) is 5.56 Å². The van der Waals surface area contributed by atoms with Crippen molar-refractivity contribution in [2.45, 2.75) is 12.7 Å². The first-order chi connectivity index (χ1) is 11.8. The van der Waals surface area contributed by atoms with Gasteiger partial charge in [0.1, 0.15) is 6.54 Å². The fraction of sp³-hybridized carbons (Fsp3) is 0.111. The molecule has 0 unspecified atom stereocenters. The number of nitrogens with zero attached hydrogens (tertiary/aromatic N) is 1. The summed E-state index contributed by atoms with van der Waals surface area (Å²) in [6, 6.07) is 14.2. The van der Waals surface area contributed by atoms with Crippen molar-refractivity contribution >= 4 is 22.4 Å². The molecule has 0 spiro atoms. The number of benzene rings is 2.